The number of nitrogens with zero attached hydrogens (tertiary/aromatic N) is 3. The predicted molar refractivity (Wildman–Crippen MR) is 78.4 cm³/mol. The van der Waals surface area contributed by atoms with E-state index in [0.717, 1.165) is 31.5 Å². The normalized spacial score (nSPS) is 22.9. The van der Waals surface area contributed by atoms with Gasteiger partial charge in [-0.15, -0.1) is 0 Å². The van der Waals surface area contributed by atoms with Gasteiger partial charge in [0.15, 0.2) is 0 Å². The molecule has 2 unspecified atom stereocenters. The molecule has 0 radical (unpaired) electrons. The summed E-state index contributed by atoms with van der Waals surface area (Å²) in [5.41, 5.74) is 7.99. The summed E-state index contributed by atoms with van der Waals surface area (Å²) in [5.74, 6) is 0.733. The molecule has 20 heavy (non-hydrogen) atoms. The van der Waals surface area contributed by atoms with Crippen LogP contribution in [0.2, 0.25) is 0 Å². The number of nitrogens with two attached hydrogens (primary N) is 1. The zero-order chi connectivity index (χ0) is 14.7. The van der Waals surface area contributed by atoms with E-state index in [1.54, 1.807) is 0 Å². The minimum absolute atomic E-state index is 0.0468. The van der Waals surface area contributed by atoms with E-state index in [4.69, 9.17) is 5.73 Å². The van der Waals surface area contributed by atoms with Crippen LogP contribution in [0.3, 0.4) is 0 Å². The average molecular weight is 276 g/mol. The number of hydrogen-bond donors (Lipinski definition) is 1. The first-order chi connectivity index (χ1) is 9.56. The second-order valence-corrected chi connectivity index (χ2v) is 5.67. The van der Waals surface area contributed by atoms with Gasteiger partial charge >= 0.3 is 0 Å². The van der Waals surface area contributed by atoms with Gasteiger partial charge in [0, 0.05) is 19.1 Å². The zero-order valence-corrected chi connectivity index (χ0v) is 12.6. The first kappa shape index (κ1) is 14.9. The minimum Gasteiger partial charge on any atom is -0.334 e. The second-order valence-electron chi connectivity index (χ2n) is 5.67. The van der Waals surface area contributed by atoms with Gasteiger partial charge < -0.3 is 10.6 Å². The Hall–Kier alpha value is -1.49. The van der Waals surface area contributed by atoms with E-state index in [2.05, 4.69) is 17.1 Å². The number of amides is 1. The summed E-state index contributed by atoms with van der Waals surface area (Å²) in [6, 6.07) is 1.97. The number of rotatable bonds is 3. The van der Waals surface area contributed by atoms with Crippen molar-refractivity contribution in [2.75, 3.05) is 13.1 Å². The molecular weight excluding hydrogens is 252 g/mol. The van der Waals surface area contributed by atoms with Crippen molar-refractivity contribution in [3.63, 3.8) is 0 Å². The van der Waals surface area contributed by atoms with Crippen LogP contribution in [0.4, 0.5) is 0 Å². The first-order valence-electron chi connectivity index (χ1n) is 7.38. The van der Waals surface area contributed by atoms with Crippen LogP contribution in [0, 0.1) is 19.8 Å². The van der Waals surface area contributed by atoms with Crippen LogP contribution < -0.4 is 5.73 Å². The van der Waals surface area contributed by atoms with Crippen LogP contribution in [0.25, 0.3) is 0 Å². The van der Waals surface area contributed by atoms with Gasteiger partial charge in [0.05, 0.1) is 17.0 Å². The number of carbonyl (C=O) groups excluding carboxylic acids is 1. The molecule has 1 aromatic rings. The van der Waals surface area contributed by atoms with Crippen molar-refractivity contribution in [2.24, 2.45) is 11.7 Å². The Balaban J connectivity index is 2.21. The standard InChI is InChI=1S/C15H24N4O/c1-4-12-5-6-19(13(8-12)9-16)15(20)14-7-10(2)17-18-11(14)3/h7,12-13H,4-6,8-9,16H2,1-3H3. The highest BCUT2D eigenvalue weighted by atomic mass is 16.2. The van der Waals surface area contributed by atoms with E-state index in [9.17, 15) is 4.79 Å². The number of aryl methyl sites for hydroxylation is 2. The fourth-order valence-corrected chi connectivity index (χ4v) is 2.92. The number of carbonyl (C=O) groups is 1. The fourth-order valence-electron chi connectivity index (χ4n) is 2.92. The molecule has 2 rings (SSSR count). The molecule has 1 saturated heterocycles. The lowest BCUT2D eigenvalue weighted by Gasteiger charge is -2.39. The molecule has 1 aromatic heterocycles. The van der Waals surface area contributed by atoms with Crippen molar-refractivity contribution in [1.29, 1.82) is 0 Å². The highest BCUT2D eigenvalue weighted by Crippen LogP contribution is 2.26. The van der Waals surface area contributed by atoms with Crippen molar-refractivity contribution in [2.45, 2.75) is 46.1 Å². The average Bonchev–Trinajstić information content (AvgIpc) is 2.48. The minimum atomic E-state index is 0.0468. The maximum Gasteiger partial charge on any atom is 0.256 e. The Kier molecular flexibility index (Phi) is 4.70. The summed E-state index contributed by atoms with van der Waals surface area (Å²) >= 11 is 0. The monoisotopic (exact) mass is 276 g/mol. The quantitative estimate of drug-likeness (QED) is 0.911. The SMILES string of the molecule is CCC1CCN(C(=O)c2cc(C)nnc2C)C(CN)C1. The fraction of sp³-hybridized carbons (Fsp3) is 0.667. The highest BCUT2D eigenvalue weighted by molar-refractivity contribution is 5.95. The van der Waals surface area contributed by atoms with Crippen molar-refractivity contribution in [3.05, 3.63) is 23.0 Å². The molecule has 1 amide bonds. The van der Waals surface area contributed by atoms with Gasteiger partial charge in [-0.05, 0) is 38.7 Å². The van der Waals surface area contributed by atoms with Gasteiger partial charge in [0.1, 0.15) is 0 Å². The van der Waals surface area contributed by atoms with E-state index in [-0.39, 0.29) is 11.9 Å². The summed E-state index contributed by atoms with van der Waals surface area (Å²) in [5, 5.41) is 8.03. The van der Waals surface area contributed by atoms with Crippen molar-refractivity contribution in [1.82, 2.24) is 15.1 Å². The van der Waals surface area contributed by atoms with E-state index in [1.807, 2.05) is 24.8 Å². The third kappa shape index (κ3) is 2.98. The lowest BCUT2D eigenvalue weighted by molar-refractivity contribution is 0.0557. The second kappa shape index (κ2) is 6.31. The highest BCUT2D eigenvalue weighted by Gasteiger charge is 2.31. The molecule has 2 atom stereocenters. The number of aromatic nitrogens is 2. The Morgan fingerprint density at radius 1 is 1.45 bits per heavy atom. The lowest BCUT2D eigenvalue weighted by atomic mass is 9.88. The van der Waals surface area contributed by atoms with E-state index in [0.29, 0.717) is 23.7 Å². The molecule has 1 aliphatic rings. The Labute approximate surface area is 120 Å². The molecule has 0 aromatic carbocycles. The molecule has 1 aliphatic heterocycles. The summed E-state index contributed by atoms with van der Waals surface area (Å²) in [7, 11) is 0. The van der Waals surface area contributed by atoms with Gasteiger partial charge in [-0.1, -0.05) is 13.3 Å². The molecule has 2 N–H and O–H groups in total. The van der Waals surface area contributed by atoms with Crippen molar-refractivity contribution in [3.8, 4) is 0 Å². The summed E-state index contributed by atoms with van der Waals surface area (Å²) in [6.45, 7) is 7.21. The van der Waals surface area contributed by atoms with Gasteiger partial charge in [0.25, 0.3) is 5.91 Å². The van der Waals surface area contributed by atoms with Crippen LogP contribution in [0.15, 0.2) is 6.07 Å². The van der Waals surface area contributed by atoms with Crippen molar-refractivity contribution < 1.29 is 4.79 Å². The molecule has 0 spiro atoms. The Morgan fingerprint density at radius 3 is 2.85 bits per heavy atom. The molecule has 110 valence electrons. The van der Waals surface area contributed by atoms with E-state index in [1.165, 1.54) is 0 Å². The maximum absolute atomic E-state index is 12.7. The van der Waals surface area contributed by atoms with E-state index < -0.39 is 0 Å². The van der Waals surface area contributed by atoms with Crippen LogP contribution in [-0.2, 0) is 0 Å². The van der Waals surface area contributed by atoms with Crippen LogP contribution in [0.5, 0.6) is 0 Å². The molecule has 2 heterocycles. The molecule has 0 aliphatic carbocycles. The summed E-state index contributed by atoms with van der Waals surface area (Å²) < 4.78 is 0. The predicted octanol–water partition coefficient (Wildman–Crippen LogP) is 1.68. The molecule has 0 bridgehead atoms. The van der Waals surface area contributed by atoms with E-state index >= 15 is 0 Å². The number of likely N-dealkylation sites (tertiary alicyclic amines) is 1. The lowest BCUT2D eigenvalue weighted by Crippen LogP contribution is -2.49. The Bertz CT molecular complexity index is 489. The van der Waals surface area contributed by atoms with Gasteiger partial charge in [-0.25, -0.2) is 0 Å². The van der Waals surface area contributed by atoms with Gasteiger partial charge in [-0.2, -0.15) is 10.2 Å². The smallest absolute Gasteiger partial charge is 0.256 e. The molecule has 1 fully saturated rings. The molecule has 5 heteroatoms. The first-order valence-corrected chi connectivity index (χ1v) is 7.38. The number of piperidine rings is 1. The third-order valence-electron chi connectivity index (χ3n) is 4.27. The molecule has 0 saturated carbocycles. The zero-order valence-electron chi connectivity index (χ0n) is 12.6. The largest absolute Gasteiger partial charge is 0.334 e. The third-order valence-corrected chi connectivity index (χ3v) is 4.27. The molecule has 5 nitrogen and oxygen atoms in total. The van der Waals surface area contributed by atoms with Gasteiger partial charge in [-0.3, -0.25) is 4.79 Å². The van der Waals surface area contributed by atoms with Crippen molar-refractivity contribution >= 4 is 5.91 Å². The molecular formula is C15H24N4O. The number of hydrogen-bond acceptors (Lipinski definition) is 4. The maximum atomic E-state index is 12.7. The van der Waals surface area contributed by atoms with Gasteiger partial charge in [0.2, 0.25) is 0 Å². The van der Waals surface area contributed by atoms with Crippen LogP contribution in [0.1, 0.15) is 47.9 Å². The summed E-state index contributed by atoms with van der Waals surface area (Å²) in [6.07, 6.45) is 3.23. The van der Waals surface area contributed by atoms with Crippen LogP contribution >= 0.6 is 0 Å². The topological polar surface area (TPSA) is 72.1 Å². The van der Waals surface area contributed by atoms with Crippen LogP contribution in [-0.4, -0.2) is 40.1 Å². The summed E-state index contributed by atoms with van der Waals surface area (Å²) in [4.78, 5) is 14.7. The Morgan fingerprint density at radius 2 is 2.20 bits per heavy atom.